The van der Waals surface area contributed by atoms with Crippen LogP contribution in [-0.2, 0) is 4.79 Å². The molecule has 1 amide bonds. The molecular weight excluding hydrogens is 404 g/mol. The Labute approximate surface area is 189 Å². The Balaban J connectivity index is 1.31. The van der Waals surface area contributed by atoms with Crippen LogP contribution in [0.3, 0.4) is 0 Å². The predicted molar refractivity (Wildman–Crippen MR) is 128 cm³/mol. The van der Waals surface area contributed by atoms with Gasteiger partial charge in [-0.15, -0.1) is 0 Å². The van der Waals surface area contributed by atoms with Crippen LogP contribution in [0.25, 0.3) is 0 Å². The molecule has 8 nitrogen and oxygen atoms in total. The molecule has 1 aromatic carbocycles. The molecule has 4 rings (SSSR count). The van der Waals surface area contributed by atoms with E-state index in [1.807, 2.05) is 42.4 Å². The Morgan fingerprint density at radius 1 is 1.16 bits per heavy atom. The number of hydrogen-bond donors (Lipinski definition) is 4. The van der Waals surface area contributed by atoms with Crippen molar-refractivity contribution in [1.29, 1.82) is 0 Å². The van der Waals surface area contributed by atoms with Crippen LogP contribution < -0.4 is 20.9 Å². The van der Waals surface area contributed by atoms with Gasteiger partial charge in [0.15, 0.2) is 0 Å². The van der Waals surface area contributed by atoms with Crippen LogP contribution in [0.15, 0.2) is 30.5 Å². The van der Waals surface area contributed by atoms with E-state index < -0.39 is 0 Å². The minimum Gasteiger partial charge on any atom is -0.395 e. The van der Waals surface area contributed by atoms with Crippen molar-refractivity contribution in [3.8, 4) is 0 Å². The molecule has 0 unspecified atom stereocenters. The standard InChI is InChI=1S/C24H34N6O2/c1-30(14-15-31)20-10-8-19(9-11-20)28-24-27-16-21(17-6-7-17)22(29-24)25-12-3-13-26-23(32)18-4-2-5-18/h8-11,16-18,31H,2-7,12-15H2,1H3,(H,26,32)(H2,25,27,28,29). The van der Waals surface area contributed by atoms with Crippen LogP contribution in [-0.4, -0.2) is 54.3 Å². The molecule has 0 spiro atoms. The number of carbonyl (C=O) groups excluding carboxylic acids is 1. The van der Waals surface area contributed by atoms with Gasteiger partial charge in [0.05, 0.1) is 6.61 Å². The van der Waals surface area contributed by atoms with Crippen LogP contribution in [0.2, 0.25) is 0 Å². The molecule has 0 saturated heterocycles. The maximum atomic E-state index is 11.9. The highest BCUT2D eigenvalue weighted by Crippen LogP contribution is 2.42. The molecule has 0 atom stereocenters. The van der Waals surface area contributed by atoms with E-state index in [1.165, 1.54) is 24.8 Å². The van der Waals surface area contributed by atoms with E-state index in [-0.39, 0.29) is 18.4 Å². The summed E-state index contributed by atoms with van der Waals surface area (Å²) in [6.07, 6.45) is 8.41. The summed E-state index contributed by atoms with van der Waals surface area (Å²) < 4.78 is 0. The largest absolute Gasteiger partial charge is 0.395 e. The van der Waals surface area contributed by atoms with E-state index in [0.29, 0.717) is 25.0 Å². The number of carbonyl (C=O) groups is 1. The third-order valence-electron chi connectivity index (χ3n) is 6.26. The molecule has 1 aromatic heterocycles. The number of rotatable bonds is 12. The monoisotopic (exact) mass is 438 g/mol. The van der Waals surface area contributed by atoms with Crippen LogP contribution in [0.5, 0.6) is 0 Å². The molecule has 2 saturated carbocycles. The zero-order chi connectivity index (χ0) is 22.3. The smallest absolute Gasteiger partial charge is 0.229 e. The average molecular weight is 439 g/mol. The lowest BCUT2D eigenvalue weighted by atomic mass is 9.85. The number of aromatic nitrogens is 2. The van der Waals surface area contributed by atoms with Crippen LogP contribution >= 0.6 is 0 Å². The number of likely N-dealkylation sites (N-methyl/N-ethyl adjacent to an activating group) is 1. The molecule has 0 aliphatic heterocycles. The third-order valence-corrected chi connectivity index (χ3v) is 6.26. The number of aliphatic hydroxyl groups is 1. The van der Waals surface area contributed by atoms with E-state index >= 15 is 0 Å². The van der Waals surface area contributed by atoms with E-state index in [2.05, 4.69) is 20.9 Å². The highest BCUT2D eigenvalue weighted by molar-refractivity contribution is 5.79. The highest BCUT2D eigenvalue weighted by Gasteiger charge is 2.28. The first-order valence-corrected chi connectivity index (χ1v) is 11.7. The number of anilines is 4. The van der Waals surface area contributed by atoms with E-state index in [1.54, 1.807) is 0 Å². The average Bonchev–Trinajstić information content (AvgIpc) is 3.58. The van der Waals surface area contributed by atoms with Gasteiger partial charge >= 0.3 is 0 Å². The summed E-state index contributed by atoms with van der Waals surface area (Å²) in [6, 6.07) is 7.99. The second-order valence-electron chi connectivity index (χ2n) is 8.79. The lowest BCUT2D eigenvalue weighted by molar-refractivity contribution is -0.127. The number of benzene rings is 1. The Morgan fingerprint density at radius 2 is 1.94 bits per heavy atom. The molecule has 2 fully saturated rings. The summed E-state index contributed by atoms with van der Waals surface area (Å²) in [5, 5.41) is 18.9. The van der Waals surface area contributed by atoms with Crippen molar-refractivity contribution in [3.63, 3.8) is 0 Å². The van der Waals surface area contributed by atoms with E-state index in [4.69, 9.17) is 10.1 Å². The molecule has 2 aromatic rings. The fourth-order valence-corrected chi connectivity index (χ4v) is 3.82. The lowest BCUT2D eigenvalue weighted by Crippen LogP contribution is -2.35. The van der Waals surface area contributed by atoms with Gasteiger partial charge in [0.25, 0.3) is 0 Å². The summed E-state index contributed by atoms with van der Waals surface area (Å²) in [6.45, 7) is 2.17. The second-order valence-corrected chi connectivity index (χ2v) is 8.79. The Kier molecular flexibility index (Phi) is 7.42. The number of amides is 1. The predicted octanol–water partition coefficient (Wildman–Crippen LogP) is 3.24. The summed E-state index contributed by atoms with van der Waals surface area (Å²) in [7, 11) is 1.95. The van der Waals surface area contributed by atoms with Gasteiger partial charge in [0, 0.05) is 55.7 Å². The van der Waals surface area contributed by atoms with Crippen molar-refractivity contribution in [1.82, 2.24) is 15.3 Å². The molecule has 1 heterocycles. The SMILES string of the molecule is CN(CCO)c1ccc(Nc2ncc(C3CC3)c(NCCCNC(=O)C3CCC3)n2)cc1. The molecule has 2 aliphatic rings. The number of nitrogens with zero attached hydrogens (tertiary/aromatic N) is 3. The van der Waals surface area contributed by atoms with Crippen LogP contribution in [0, 0.1) is 5.92 Å². The number of nitrogens with one attached hydrogen (secondary N) is 3. The fraction of sp³-hybridized carbons (Fsp3) is 0.542. The highest BCUT2D eigenvalue weighted by atomic mass is 16.3. The minimum absolute atomic E-state index is 0.125. The van der Waals surface area contributed by atoms with Crippen LogP contribution in [0.4, 0.5) is 23.1 Å². The Hall–Kier alpha value is -2.87. The van der Waals surface area contributed by atoms with Gasteiger partial charge in [-0.05, 0) is 62.3 Å². The van der Waals surface area contributed by atoms with Gasteiger partial charge in [-0.1, -0.05) is 6.42 Å². The minimum atomic E-state index is 0.125. The first-order chi connectivity index (χ1) is 15.6. The van der Waals surface area contributed by atoms with Gasteiger partial charge in [0.1, 0.15) is 5.82 Å². The zero-order valence-corrected chi connectivity index (χ0v) is 18.8. The maximum absolute atomic E-state index is 11.9. The van der Waals surface area contributed by atoms with Gasteiger partial charge in [-0.25, -0.2) is 4.98 Å². The third kappa shape index (κ3) is 5.88. The van der Waals surface area contributed by atoms with Gasteiger partial charge < -0.3 is 26.0 Å². The van der Waals surface area contributed by atoms with Crippen molar-refractivity contribution in [3.05, 3.63) is 36.0 Å². The molecule has 32 heavy (non-hydrogen) atoms. The molecule has 4 N–H and O–H groups in total. The van der Waals surface area contributed by atoms with Crippen molar-refractivity contribution in [2.45, 2.75) is 44.4 Å². The summed E-state index contributed by atoms with van der Waals surface area (Å²) in [4.78, 5) is 23.2. The van der Waals surface area contributed by atoms with Crippen molar-refractivity contribution in [2.24, 2.45) is 5.92 Å². The van der Waals surface area contributed by atoms with Crippen molar-refractivity contribution < 1.29 is 9.90 Å². The second kappa shape index (κ2) is 10.6. The van der Waals surface area contributed by atoms with E-state index in [9.17, 15) is 4.79 Å². The Morgan fingerprint density at radius 3 is 2.59 bits per heavy atom. The summed E-state index contributed by atoms with van der Waals surface area (Å²) in [5.74, 6) is 2.44. The summed E-state index contributed by atoms with van der Waals surface area (Å²) >= 11 is 0. The van der Waals surface area contributed by atoms with Crippen LogP contribution in [0.1, 0.15) is 50.0 Å². The fourth-order valence-electron chi connectivity index (χ4n) is 3.82. The van der Waals surface area contributed by atoms with Crippen molar-refractivity contribution >= 4 is 29.0 Å². The number of hydrogen-bond acceptors (Lipinski definition) is 7. The molecular formula is C24H34N6O2. The molecule has 0 radical (unpaired) electrons. The topological polar surface area (TPSA) is 102 Å². The first-order valence-electron chi connectivity index (χ1n) is 11.7. The van der Waals surface area contributed by atoms with Crippen molar-refractivity contribution in [2.75, 3.05) is 48.8 Å². The quantitative estimate of drug-likeness (QED) is 0.377. The Bertz CT molecular complexity index is 896. The molecule has 172 valence electrons. The lowest BCUT2D eigenvalue weighted by Gasteiger charge is -2.24. The van der Waals surface area contributed by atoms with Gasteiger partial charge in [-0.3, -0.25) is 4.79 Å². The number of aliphatic hydroxyl groups excluding tert-OH is 1. The summed E-state index contributed by atoms with van der Waals surface area (Å²) in [5.41, 5.74) is 3.13. The van der Waals surface area contributed by atoms with Gasteiger partial charge in [0.2, 0.25) is 11.9 Å². The first kappa shape index (κ1) is 22.3. The maximum Gasteiger partial charge on any atom is 0.229 e. The van der Waals surface area contributed by atoms with E-state index in [0.717, 1.165) is 43.0 Å². The molecule has 8 heteroatoms. The molecule has 2 aliphatic carbocycles. The normalized spacial score (nSPS) is 15.7. The zero-order valence-electron chi connectivity index (χ0n) is 18.8. The molecule has 0 bridgehead atoms. The van der Waals surface area contributed by atoms with Gasteiger partial charge in [-0.2, -0.15) is 4.98 Å².